The van der Waals surface area contributed by atoms with E-state index in [0.717, 1.165) is 12.0 Å². The molecule has 1 aromatic heterocycles. The van der Waals surface area contributed by atoms with E-state index in [1.165, 1.54) is 0 Å². The van der Waals surface area contributed by atoms with Crippen molar-refractivity contribution in [2.45, 2.75) is 20.3 Å². The lowest BCUT2D eigenvalue weighted by molar-refractivity contribution is 1.02. The van der Waals surface area contributed by atoms with Gasteiger partial charge >= 0.3 is 0 Å². The highest BCUT2D eigenvalue weighted by Gasteiger charge is 1.89. The van der Waals surface area contributed by atoms with Gasteiger partial charge in [0.25, 0.3) is 0 Å². The van der Waals surface area contributed by atoms with Crippen molar-refractivity contribution >= 4 is 29.2 Å². The van der Waals surface area contributed by atoms with Crippen LogP contribution in [-0.2, 0) is 6.42 Å². The van der Waals surface area contributed by atoms with Crippen molar-refractivity contribution in [3.05, 3.63) is 29.0 Å². The first-order chi connectivity index (χ1) is 7.24. The van der Waals surface area contributed by atoms with Crippen LogP contribution in [-0.4, -0.2) is 24.4 Å². The van der Waals surface area contributed by atoms with Gasteiger partial charge in [-0.15, -0.1) is 0 Å². The van der Waals surface area contributed by atoms with E-state index >= 15 is 0 Å². The lowest BCUT2D eigenvalue weighted by Gasteiger charge is -1.92. The predicted octanol–water partition coefficient (Wildman–Crippen LogP) is 3.14. The third-order valence-corrected chi connectivity index (χ3v) is 1.50. The minimum Gasteiger partial charge on any atom is -0.323 e. The fourth-order valence-electron chi connectivity index (χ4n) is 0.623. The van der Waals surface area contributed by atoms with Crippen molar-refractivity contribution in [3.63, 3.8) is 0 Å². The lowest BCUT2D eigenvalue weighted by atomic mass is 10.2. The third-order valence-electron chi connectivity index (χ3n) is 1.11. The molecule has 15 heavy (non-hydrogen) atoms. The summed E-state index contributed by atoms with van der Waals surface area (Å²) in [5, 5.41) is 4.94. The van der Waals surface area contributed by atoms with Gasteiger partial charge in [0.1, 0.15) is 5.15 Å². The zero-order valence-electron chi connectivity index (χ0n) is 9.75. The fourth-order valence-corrected chi connectivity index (χ4v) is 0.928. The molecule has 0 aromatic carbocycles. The molecule has 0 saturated heterocycles. The minimum atomic E-state index is 0.521. The van der Waals surface area contributed by atoms with Crippen molar-refractivity contribution < 1.29 is 0 Å². The average molecular weight is 247 g/mol. The molecule has 0 aliphatic rings. The summed E-state index contributed by atoms with van der Waals surface area (Å²) in [5.41, 5.74) is 1.10. The number of halogens is 1. The van der Waals surface area contributed by atoms with Crippen molar-refractivity contribution in [1.29, 1.82) is 0 Å². The lowest BCUT2D eigenvalue weighted by Crippen LogP contribution is -1.89. The van der Waals surface area contributed by atoms with E-state index < -0.39 is 0 Å². The number of nitrogens with one attached hydrogen (secondary N) is 1. The van der Waals surface area contributed by atoms with E-state index in [1.54, 1.807) is 17.6 Å². The van der Waals surface area contributed by atoms with Crippen molar-refractivity contribution in [1.82, 2.24) is 10.3 Å². The molecule has 1 aromatic rings. The average Bonchev–Trinajstić information content (AvgIpc) is 2.26. The highest BCUT2D eigenvalue weighted by molar-refractivity contribution is 7.78. The monoisotopic (exact) mass is 246 g/mol. The van der Waals surface area contributed by atoms with Gasteiger partial charge in [0.15, 0.2) is 0 Å². The number of pyridine rings is 1. The quantitative estimate of drug-likeness (QED) is 0.641. The Balaban J connectivity index is 0. The summed E-state index contributed by atoms with van der Waals surface area (Å²) >= 11 is 10.2. The maximum Gasteiger partial charge on any atom is 0.129 e. The summed E-state index contributed by atoms with van der Waals surface area (Å²) in [5.74, 6) is 0. The Bertz CT molecular complexity index is 237. The van der Waals surface area contributed by atoms with Crippen LogP contribution >= 0.6 is 23.8 Å². The minimum absolute atomic E-state index is 0.521. The van der Waals surface area contributed by atoms with Crippen LogP contribution in [0.15, 0.2) is 18.3 Å². The van der Waals surface area contributed by atoms with E-state index in [9.17, 15) is 0 Å². The van der Waals surface area contributed by atoms with E-state index in [2.05, 4.69) is 22.5 Å². The van der Waals surface area contributed by atoms with Gasteiger partial charge in [-0.2, -0.15) is 0 Å². The first-order valence-corrected chi connectivity index (χ1v) is 5.72. The molecule has 1 rings (SSSR count). The number of hydrogen-bond acceptors (Lipinski definition) is 3. The summed E-state index contributed by atoms with van der Waals surface area (Å²) in [6.45, 7) is 4.00. The fraction of sp³-hybridized carbons (Fsp3) is 0.455. The van der Waals surface area contributed by atoms with E-state index in [-0.39, 0.29) is 0 Å². The second-order valence-corrected chi connectivity index (χ2v) is 3.08. The summed E-state index contributed by atoms with van der Waals surface area (Å²) in [7, 11) is 3.75. The van der Waals surface area contributed by atoms with Gasteiger partial charge in [-0.05, 0) is 31.1 Å². The molecule has 0 aliphatic heterocycles. The highest BCUT2D eigenvalue weighted by Crippen LogP contribution is 2.04. The maximum absolute atomic E-state index is 5.56. The van der Waals surface area contributed by atoms with Crippen molar-refractivity contribution in [2.75, 3.05) is 14.1 Å². The van der Waals surface area contributed by atoms with Crippen LogP contribution in [0.2, 0.25) is 5.15 Å². The van der Waals surface area contributed by atoms with Gasteiger partial charge in [-0.25, -0.2) is 4.98 Å². The second kappa shape index (κ2) is 13.5. The second-order valence-electron chi connectivity index (χ2n) is 2.36. The molecule has 2 nitrogen and oxygen atoms in total. The smallest absolute Gasteiger partial charge is 0.129 e. The SMILES string of the molecule is CC.CNC.S=CCc1ccc(Cl)nc1. The zero-order chi connectivity index (χ0) is 12.1. The molecule has 0 fully saturated rings. The van der Waals surface area contributed by atoms with Gasteiger partial charge in [0, 0.05) is 12.6 Å². The number of hydrogen-bond donors (Lipinski definition) is 1. The number of rotatable bonds is 2. The van der Waals surface area contributed by atoms with E-state index in [0.29, 0.717) is 5.15 Å². The summed E-state index contributed by atoms with van der Waals surface area (Å²) in [4.78, 5) is 3.90. The Hall–Kier alpha value is -0.510. The molecule has 1 heterocycles. The highest BCUT2D eigenvalue weighted by atomic mass is 35.5. The largest absolute Gasteiger partial charge is 0.323 e. The van der Waals surface area contributed by atoms with Gasteiger partial charge in [0.2, 0.25) is 0 Å². The summed E-state index contributed by atoms with van der Waals surface area (Å²) in [6.07, 6.45) is 2.50. The molecule has 4 heteroatoms. The zero-order valence-corrected chi connectivity index (χ0v) is 11.3. The van der Waals surface area contributed by atoms with Crippen LogP contribution in [0.4, 0.5) is 0 Å². The predicted molar refractivity (Wildman–Crippen MR) is 72.9 cm³/mol. The van der Waals surface area contributed by atoms with Gasteiger partial charge in [-0.3, -0.25) is 0 Å². The van der Waals surface area contributed by atoms with E-state index in [4.69, 9.17) is 11.6 Å². The summed E-state index contributed by atoms with van der Waals surface area (Å²) < 4.78 is 0. The molecule has 0 radical (unpaired) electrons. The van der Waals surface area contributed by atoms with Crippen LogP contribution in [0, 0.1) is 0 Å². The molecule has 1 N–H and O–H groups in total. The molecular formula is C11H19ClN2S. The Morgan fingerprint density at radius 1 is 1.40 bits per heavy atom. The molecular weight excluding hydrogens is 228 g/mol. The van der Waals surface area contributed by atoms with E-state index in [1.807, 2.05) is 34.0 Å². The summed E-state index contributed by atoms with van der Waals surface area (Å²) in [6, 6.07) is 3.67. The third kappa shape index (κ3) is 11.4. The first kappa shape index (κ1) is 16.9. The van der Waals surface area contributed by atoms with Crippen LogP contribution in [0.25, 0.3) is 0 Å². The molecule has 0 bridgehead atoms. The Kier molecular flexibility index (Phi) is 15.2. The normalized spacial score (nSPS) is 7.80. The van der Waals surface area contributed by atoms with Gasteiger partial charge in [-0.1, -0.05) is 43.7 Å². The number of thiocarbonyl (C=S) groups is 1. The number of aromatic nitrogens is 1. The Morgan fingerprint density at radius 3 is 2.27 bits per heavy atom. The van der Waals surface area contributed by atoms with Gasteiger partial charge < -0.3 is 5.32 Å². The Labute approximate surface area is 103 Å². The molecule has 86 valence electrons. The topological polar surface area (TPSA) is 24.9 Å². The van der Waals surface area contributed by atoms with Crippen LogP contribution in [0.5, 0.6) is 0 Å². The maximum atomic E-state index is 5.56. The molecule has 0 atom stereocenters. The molecule has 0 unspecified atom stereocenters. The van der Waals surface area contributed by atoms with Crippen LogP contribution in [0.1, 0.15) is 19.4 Å². The van der Waals surface area contributed by atoms with Crippen LogP contribution in [0.3, 0.4) is 0 Å². The first-order valence-electron chi connectivity index (χ1n) is 4.87. The Morgan fingerprint density at radius 2 is 1.93 bits per heavy atom. The molecule has 0 saturated carbocycles. The standard InChI is InChI=1S/C7H6ClNS.C2H7N.C2H6/c8-7-2-1-6(3-4-10)5-9-7;1-3-2;1-2/h1-2,4-5H,3H2;3H,1-2H3;1-2H3. The molecule has 0 spiro atoms. The molecule has 0 amide bonds. The number of nitrogens with zero attached hydrogens (tertiary/aromatic N) is 1. The van der Waals surface area contributed by atoms with Gasteiger partial charge in [0.05, 0.1) is 0 Å². The van der Waals surface area contributed by atoms with Crippen molar-refractivity contribution in [3.8, 4) is 0 Å². The van der Waals surface area contributed by atoms with Crippen molar-refractivity contribution in [2.24, 2.45) is 0 Å². The molecule has 0 aliphatic carbocycles. The van der Waals surface area contributed by atoms with Crippen LogP contribution < -0.4 is 5.32 Å².